The number of hydrogen-bond donors (Lipinski definition) is 1. The van der Waals surface area contributed by atoms with Gasteiger partial charge in [-0.3, -0.25) is 9.56 Å². The molecule has 0 amide bonds. The highest BCUT2D eigenvalue weighted by Gasteiger charge is 2.24. The van der Waals surface area contributed by atoms with Crippen LogP contribution in [0.25, 0.3) is 60.8 Å². The highest BCUT2D eigenvalue weighted by atomic mass is 15.1. The van der Waals surface area contributed by atoms with E-state index < -0.39 is 0 Å². The minimum Gasteiger partial charge on any atom is -0.358 e. The lowest BCUT2D eigenvalue weighted by Crippen LogP contribution is -2.25. The van der Waals surface area contributed by atoms with Gasteiger partial charge in [0.05, 0.1) is 33.5 Å². The lowest BCUT2D eigenvalue weighted by molar-refractivity contribution is 0.641. The number of para-hydroxylation sites is 3. The number of hydrogen-bond acceptors (Lipinski definition) is 3. The van der Waals surface area contributed by atoms with Crippen molar-refractivity contribution in [1.29, 1.82) is 0 Å². The first-order chi connectivity index (χ1) is 24.8. The van der Waals surface area contributed by atoms with E-state index in [0.29, 0.717) is 0 Å². The molecule has 50 heavy (non-hydrogen) atoms. The van der Waals surface area contributed by atoms with Crippen LogP contribution in [0.2, 0.25) is 0 Å². The quantitative estimate of drug-likeness (QED) is 0.203. The van der Waals surface area contributed by atoms with E-state index in [2.05, 4.69) is 178 Å². The molecule has 6 aromatic carbocycles. The van der Waals surface area contributed by atoms with Gasteiger partial charge in [-0.15, -0.1) is 0 Å². The maximum absolute atomic E-state index is 5.41. The number of benzene rings is 6. The van der Waals surface area contributed by atoms with Crippen molar-refractivity contribution in [2.45, 2.75) is 6.17 Å². The number of aliphatic imine (C=N–C) groups is 1. The summed E-state index contributed by atoms with van der Waals surface area (Å²) in [5.74, 6) is 0.854. The van der Waals surface area contributed by atoms with Crippen molar-refractivity contribution in [3.05, 3.63) is 193 Å². The first kappa shape index (κ1) is 28.3. The molecule has 4 heterocycles. The fraction of sp³-hybridized carbons (Fsp3) is 0.0222. The summed E-state index contributed by atoms with van der Waals surface area (Å²) in [6, 6.07) is 59.6. The van der Waals surface area contributed by atoms with Crippen molar-refractivity contribution in [2.24, 2.45) is 4.99 Å². The summed E-state index contributed by atoms with van der Waals surface area (Å²) >= 11 is 0. The first-order valence-electron chi connectivity index (χ1n) is 17.0. The van der Waals surface area contributed by atoms with E-state index in [1.54, 1.807) is 0 Å². The fourth-order valence-electron chi connectivity index (χ4n) is 7.54. The molecule has 0 fully saturated rings. The van der Waals surface area contributed by atoms with Gasteiger partial charge in [0.1, 0.15) is 5.82 Å². The summed E-state index contributed by atoms with van der Waals surface area (Å²) in [5.41, 5.74) is 10.7. The van der Waals surface area contributed by atoms with E-state index in [0.717, 1.165) is 56.3 Å². The molecule has 236 valence electrons. The highest BCUT2D eigenvalue weighted by Crippen LogP contribution is 2.41. The van der Waals surface area contributed by atoms with Crippen LogP contribution in [0.1, 0.15) is 23.0 Å². The molecule has 0 spiro atoms. The molecule has 0 saturated heterocycles. The second-order valence-corrected chi connectivity index (χ2v) is 12.7. The van der Waals surface area contributed by atoms with Crippen LogP contribution in [0, 0.1) is 0 Å². The Balaban J connectivity index is 1.21. The van der Waals surface area contributed by atoms with Gasteiger partial charge in [0.25, 0.3) is 0 Å². The molecule has 3 aromatic heterocycles. The van der Waals surface area contributed by atoms with Gasteiger partial charge >= 0.3 is 0 Å². The maximum Gasteiger partial charge on any atom is 0.162 e. The molecule has 1 unspecified atom stereocenters. The Kier molecular flexibility index (Phi) is 6.49. The molecule has 1 atom stereocenters. The van der Waals surface area contributed by atoms with Crippen molar-refractivity contribution >= 4 is 55.0 Å². The fourth-order valence-corrected chi connectivity index (χ4v) is 7.54. The van der Waals surface area contributed by atoms with E-state index in [9.17, 15) is 0 Å². The maximum atomic E-state index is 5.41. The molecule has 0 radical (unpaired) electrons. The van der Waals surface area contributed by atoms with Gasteiger partial charge in [-0.25, -0.2) is 4.98 Å². The van der Waals surface area contributed by atoms with Gasteiger partial charge < -0.3 is 9.88 Å². The predicted octanol–water partition coefficient (Wildman–Crippen LogP) is 10.4. The van der Waals surface area contributed by atoms with Crippen molar-refractivity contribution in [2.75, 3.05) is 0 Å². The first-order valence-corrected chi connectivity index (χ1v) is 17.0. The molecule has 0 saturated carbocycles. The van der Waals surface area contributed by atoms with Gasteiger partial charge in [0.2, 0.25) is 0 Å². The lowest BCUT2D eigenvalue weighted by Gasteiger charge is -2.24. The molecule has 1 N–H and O–H groups in total. The average molecular weight is 642 g/mol. The number of aromatic nitrogens is 3. The number of nitrogens with zero attached hydrogens (tertiary/aromatic N) is 4. The third kappa shape index (κ3) is 4.48. The molecule has 1 aliphatic heterocycles. The largest absolute Gasteiger partial charge is 0.358 e. The van der Waals surface area contributed by atoms with Crippen molar-refractivity contribution in [3.8, 4) is 11.5 Å². The molecular formula is C45H31N5. The zero-order chi connectivity index (χ0) is 33.0. The summed E-state index contributed by atoms with van der Waals surface area (Å²) in [6.07, 6.45) is 1.76. The van der Waals surface area contributed by atoms with E-state index in [1.807, 2.05) is 12.1 Å². The highest BCUT2D eigenvalue weighted by molar-refractivity contribution is 6.26. The minimum atomic E-state index is -0.376. The van der Waals surface area contributed by atoms with Crippen LogP contribution in [0.3, 0.4) is 0 Å². The topological polar surface area (TPSA) is 47.1 Å². The Bertz CT molecular complexity index is 2770. The van der Waals surface area contributed by atoms with Gasteiger partial charge in [-0.05, 0) is 59.7 Å². The Labute approximate surface area is 289 Å². The van der Waals surface area contributed by atoms with E-state index in [-0.39, 0.29) is 6.17 Å². The number of pyridine rings is 1. The van der Waals surface area contributed by atoms with Crippen LogP contribution < -0.4 is 5.32 Å². The van der Waals surface area contributed by atoms with Crippen molar-refractivity contribution in [1.82, 2.24) is 19.4 Å². The smallest absolute Gasteiger partial charge is 0.162 e. The summed E-state index contributed by atoms with van der Waals surface area (Å²) < 4.78 is 4.72. The molecular weight excluding hydrogens is 611 g/mol. The zero-order valence-electron chi connectivity index (χ0n) is 27.1. The van der Waals surface area contributed by atoms with E-state index in [4.69, 9.17) is 9.98 Å². The molecule has 5 nitrogen and oxygen atoms in total. The zero-order valence-corrected chi connectivity index (χ0v) is 27.1. The lowest BCUT2D eigenvalue weighted by atomic mass is 10.0. The van der Waals surface area contributed by atoms with Gasteiger partial charge in [0, 0.05) is 32.9 Å². The predicted molar refractivity (Wildman–Crippen MR) is 206 cm³/mol. The van der Waals surface area contributed by atoms with Crippen molar-refractivity contribution < 1.29 is 0 Å². The van der Waals surface area contributed by atoms with Crippen LogP contribution in [0.15, 0.2) is 181 Å². The third-order valence-corrected chi connectivity index (χ3v) is 9.75. The van der Waals surface area contributed by atoms with Crippen LogP contribution >= 0.6 is 0 Å². The van der Waals surface area contributed by atoms with E-state index in [1.165, 1.54) is 27.1 Å². The monoisotopic (exact) mass is 641 g/mol. The molecule has 10 rings (SSSR count). The standard InChI is InChI=1S/C45H31N5/c1-4-15-30(16-5-1)37-29-38(31-17-6-2-7-18-31)48-45(47-37)36-23-14-26-42(46-36)50-39-24-12-10-21-33(39)34-27-28-41-43(44(34)50)35-22-11-13-25-40(35)49(41)32-19-8-3-9-20-32/h1-29,45,47H. The second-order valence-electron chi connectivity index (χ2n) is 12.7. The Morgan fingerprint density at radius 1 is 0.480 bits per heavy atom. The van der Waals surface area contributed by atoms with Gasteiger partial charge in [-0.1, -0.05) is 127 Å². The minimum absolute atomic E-state index is 0.376. The van der Waals surface area contributed by atoms with Crippen LogP contribution in [0.4, 0.5) is 0 Å². The molecule has 1 aliphatic rings. The van der Waals surface area contributed by atoms with Gasteiger partial charge in [0.15, 0.2) is 6.17 Å². The number of allylic oxidation sites excluding steroid dienone is 1. The van der Waals surface area contributed by atoms with Crippen LogP contribution in [-0.2, 0) is 0 Å². The molecule has 0 bridgehead atoms. The SMILES string of the molecule is C1=C(c2ccccc2)NC(c2cccc(-n3c4ccccc4c4ccc5c(c6ccccc6n5-c5ccccc5)c43)n2)N=C1c1ccccc1. The van der Waals surface area contributed by atoms with Crippen LogP contribution in [0.5, 0.6) is 0 Å². The summed E-state index contributed by atoms with van der Waals surface area (Å²) in [7, 11) is 0. The van der Waals surface area contributed by atoms with Crippen LogP contribution in [-0.4, -0.2) is 19.8 Å². The third-order valence-electron chi connectivity index (χ3n) is 9.75. The summed E-state index contributed by atoms with van der Waals surface area (Å²) in [4.78, 5) is 10.6. The Morgan fingerprint density at radius 3 is 1.88 bits per heavy atom. The number of fused-ring (bicyclic) bond motifs is 7. The van der Waals surface area contributed by atoms with Gasteiger partial charge in [-0.2, -0.15) is 0 Å². The molecule has 5 heteroatoms. The summed E-state index contributed by atoms with van der Waals surface area (Å²) in [6.45, 7) is 0. The normalized spacial score (nSPS) is 14.6. The average Bonchev–Trinajstić information content (AvgIpc) is 3.72. The Hall–Kier alpha value is -6.72. The summed E-state index contributed by atoms with van der Waals surface area (Å²) in [5, 5.41) is 8.52. The number of nitrogens with one attached hydrogen (secondary N) is 1. The second kappa shape index (κ2) is 11.5. The number of rotatable bonds is 5. The molecule has 0 aliphatic carbocycles. The molecule has 9 aromatic rings. The Morgan fingerprint density at radius 2 is 1.12 bits per heavy atom. The van der Waals surface area contributed by atoms with Crippen molar-refractivity contribution in [3.63, 3.8) is 0 Å². The van der Waals surface area contributed by atoms with E-state index >= 15 is 0 Å².